The van der Waals surface area contributed by atoms with Crippen LogP contribution in [0.2, 0.25) is 0 Å². The molecule has 0 aromatic carbocycles. The topological polar surface area (TPSA) is 87.6 Å². The number of aromatic nitrogens is 2. The smallest absolute Gasteiger partial charge is 0.205 e. The van der Waals surface area contributed by atoms with Crippen LogP contribution in [-0.4, -0.2) is 33.5 Å². The van der Waals surface area contributed by atoms with Gasteiger partial charge in [0.15, 0.2) is 0 Å². The van der Waals surface area contributed by atoms with Crippen LogP contribution in [0.1, 0.15) is 39.9 Å². The van der Waals surface area contributed by atoms with E-state index in [0.29, 0.717) is 6.42 Å². The molecule has 1 heterocycles. The van der Waals surface area contributed by atoms with Gasteiger partial charge in [-0.3, -0.25) is 0 Å². The van der Waals surface area contributed by atoms with Crippen LogP contribution in [0.15, 0.2) is 5.16 Å². The van der Waals surface area contributed by atoms with Crippen LogP contribution >= 0.6 is 11.5 Å². The van der Waals surface area contributed by atoms with Crippen LogP contribution < -0.4 is 10.6 Å². The molecule has 1 aromatic heterocycles. The largest absolute Gasteiger partial charge is 0.409 e. The highest BCUT2D eigenvalue weighted by atomic mass is 32.1. The maximum Gasteiger partial charge on any atom is 0.205 e. The molecule has 1 atom stereocenters. The Balaban J connectivity index is 2.78. The van der Waals surface area contributed by atoms with Crippen molar-refractivity contribution in [3.63, 3.8) is 0 Å². The van der Waals surface area contributed by atoms with Gasteiger partial charge in [-0.25, -0.2) is 4.98 Å². The Hall–Kier alpha value is -1.37. The summed E-state index contributed by atoms with van der Waals surface area (Å²) in [5.74, 6) is 1.06. The number of nitrogens with zero attached hydrogens (tertiary/aromatic N) is 4. The molecular weight excluding hydrogens is 250 g/mol. The van der Waals surface area contributed by atoms with E-state index in [9.17, 15) is 0 Å². The highest BCUT2D eigenvalue weighted by Crippen LogP contribution is 2.25. The van der Waals surface area contributed by atoms with Crippen LogP contribution in [0.5, 0.6) is 0 Å². The van der Waals surface area contributed by atoms with E-state index in [4.69, 9.17) is 10.9 Å². The van der Waals surface area contributed by atoms with Gasteiger partial charge in [0.1, 0.15) is 11.7 Å². The van der Waals surface area contributed by atoms with E-state index in [0.717, 1.165) is 11.0 Å². The Kier molecular flexibility index (Phi) is 4.50. The summed E-state index contributed by atoms with van der Waals surface area (Å²) >= 11 is 1.37. The van der Waals surface area contributed by atoms with Crippen LogP contribution in [-0.2, 0) is 5.41 Å². The van der Waals surface area contributed by atoms with E-state index >= 15 is 0 Å². The van der Waals surface area contributed by atoms with Gasteiger partial charge in [-0.1, -0.05) is 25.9 Å². The third-order valence-electron chi connectivity index (χ3n) is 2.68. The van der Waals surface area contributed by atoms with E-state index in [1.807, 2.05) is 18.9 Å². The van der Waals surface area contributed by atoms with Gasteiger partial charge in [0, 0.05) is 36.5 Å². The molecular formula is C11H21N5OS. The molecule has 1 unspecified atom stereocenters. The SMILES string of the molecule is CC(CC(N)=NO)N(C)c1nc(C(C)(C)C)ns1. The molecule has 0 aliphatic heterocycles. The van der Waals surface area contributed by atoms with Crippen LogP contribution in [0.3, 0.4) is 0 Å². The lowest BCUT2D eigenvalue weighted by molar-refractivity contribution is 0.316. The second-order valence-corrected chi connectivity index (χ2v) is 6.14. The lowest BCUT2D eigenvalue weighted by atomic mass is 9.96. The first-order chi connectivity index (χ1) is 8.25. The number of amidine groups is 1. The van der Waals surface area contributed by atoms with Crippen LogP contribution in [0.25, 0.3) is 0 Å². The molecule has 1 aromatic rings. The summed E-state index contributed by atoms with van der Waals surface area (Å²) in [6.45, 7) is 8.24. The molecule has 0 saturated heterocycles. The Morgan fingerprint density at radius 2 is 2.17 bits per heavy atom. The summed E-state index contributed by atoms with van der Waals surface area (Å²) in [6.07, 6.45) is 0.484. The van der Waals surface area contributed by atoms with Crippen molar-refractivity contribution in [3.8, 4) is 0 Å². The zero-order valence-electron chi connectivity index (χ0n) is 11.5. The maximum absolute atomic E-state index is 8.57. The number of hydrogen-bond donors (Lipinski definition) is 2. The summed E-state index contributed by atoms with van der Waals surface area (Å²) < 4.78 is 4.37. The first kappa shape index (κ1) is 14.7. The van der Waals surface area contributed by atoms with Crippen molar-refractivity contribution in [2.45, 2.75) is 45.6 Å². The minimum atomic E-state index is -0.0512. The molecule has 3 N–H and O–H groups in total. The Morgan fingerprint density at radius 3 is 2.61 bits per heavy atom. The fourth-order valence-corrected chi connectivity index (χ4v) is 2.25. The summed E-state index contributed by atoms with van der Waals surface area (Å²) in [7, 11) is 1.93. The van der Waals surface area contributed by atoms with Crippen molar-refractivity contribution in [2.24, 2.45) is 10.9 Å². The van der Waals surface area contributed by atoms with Gasteiger partial charge in [0.2, 0.25) is 5.13 Å². The molecule has 18 heavy (non-hydrogen) atoms. The predicted molar refractivity (Wildman–Crippen MR) is 74.5 cm³/mol. The molecule has 1 rings (SSSR count). The zero-order chi connectivity index (χ0) is 13.9. The number of anilines is 1. The van der Waals surface area contributed by atoms with Crippen molar-refractivity contribution < 1.29 is 5.21 Å². The summed E-state index contributed by atoms with van der Waals surface area (Å²) in [4.78, 5) is 6.52. The van der Waals surface area contributed by atoms with E-state index in [2.05, 4.69) is 35.3 Å². The number of oxime groups is 1. The van der Waals surface area contributed by atoms with Crippen LogP contribution in [0, 0.1) is 0 Å². The monoisotopic (exact) mass is 271 g/mol. The Labute approximate surface area is 112 Å². The van der Waals surface area contributed by atoms with Crippen molar-refractivity contribution in [1.82, 2.24) is 9.36 Å². The quantitative estimate of drug-likeness (QED) is 0.377. The molecule has 0 bridgehead atoms. The number of hydrogen-bond acceptors (Lipinski definition) is 6. The molecule has 7 heteroatoms. The predicted octanol–water partition coefficient (Wildman–Crippen LogP) is 1.80. The first-order valence-corrected chi connectivity index (χ1v) is 6.56. The molecule has 0 saturated carbocycles. The third-order valence-corrected chi connectivity index (χ3v) is 3.49. The molecule has 0 aliphatic rings. The summed E-state index contributed by atoms with van der Waals surface area (Å²) in [6, 6.07) is 0.0988. The van der Waals surface area contributed by atoms with Crippen LogP contribution in [0.4, 0.5) is 5.13 Å². The average molecular weight is 271 g/mol. The molecule has 0 spiro atoms. The van der Waals surface area contributed by atoms with Gasteiger partial charge in [0.05, 0.1) is 0 Å². The molecule has 0 fully saturated rings. The van der Waals surface area contributed by atoms with Gasteiger partial charge < -0.3 is 15.8 Å². The standard InChI is InChI=1S/C11H21N5OS/c1-7(6-8(12)14-17)16(5)10-13-9(15-18-10)11(2,3)4/h7,17H,6H2,1-5H3,(H2,12,14). The third kappa shape index (κ3) is 3.56. The van der Waals surface area contributed by atoms with Crippen molar-refractivity contribution >= 4 is 22.5 Å². The second-order valence-electron chi connectivity index (χ2n) is 5.41. The minimum Gasteiger partial charge on any atom is -0.409 e. The van der Waals surface area contributed by atoms with Gasteiger partial charge in [-0.05, 0) is 6.92 Å². The van der Waals surface area contributed by atoms with E-state index in [1.54, 1.807) is 0 Å². The second kappa shape index (κ2) is 5.51. The lowest BCUT2D eigenvalue weighted by Gasteiger charge is -2.23. The van der Waals surface area contributed by atoms with Gasteiger partial charge in [-0.2, -0.15) is 4.37 Å². The van der Waals surface area contributed by atoms with Gasteiger partial charge in [0.25, 0.3) is 0 Å². The zero-order valence-corrected chi connectivity index (χ0v) is 12.3. The maximum atomic E-state index is 8.57. The van der Waals surface area contributed by atoms with E-state index in [-0.39, 0.29) is 17.3 Å². The molecule has 0 aliphatic carbocycles. The molecule has 0 amide bonds. The van der Waals surface area contributed by atoms with E-state index < -0.39 is 0 Å². The minimum absolute atomic E-state index is 0.0512. The van der Waals surface area contributed by atoms with Crippen molar-refractivity contribution in [2.75, 3.05) is 11.9 Å². The number of rotatable bonds is 4. The average Bonchev–Trinajstić information content (AvgIpc) is 2.76. The normalized spacial score (nSPS) is 14.6. The Bertz CT molecular complexity index is 423. The molecule has 6 nitrogen and oxygen atoms in total. The Morgan fingerprint density at radius 1 is 1.56 bits per heavy atom. The summed E-state index contributed by atoms with van der Waals surface area (Å²) in [5, 5.41) is 12.4. The summed E-state index contributed by atoms with van der Waals surface area (Å²) in [5.41, 5.74) is 5.45. The van der Waals surface area contributed by atoms with Gasteiger partial charge >= 0.3 is 0 Å². The van der Waals surface area contributed by atoms with Crippen molar-refractivity contribution in [1.29, 1.82) is 0 Å². The lowest BCUT2D eigenvalue weighted by Crippen LogP contribution is -2.33. The molecule has 0 radical (unpaired) electrons. The van der Waals surface area contributed by atoms with Gasteiger partial charge in [-0.15, -0.1) is 0 Å². The van der Waals surface area contributed by atoms with E-state index in [1.165, 1.54) is 11.5 Å². The highest BCUT2D eigenvalue weighted by Gasteiger charge is 2.22. The number of nitrogens with two attached hydrogens (primary N) is 1. The van der Waals surface area contributed by atoms with Crippen molar-refractivity contribution in [3.05, 3.63) is 5.82 Å². The highest BCUT2D eigenvalue weighted by molar-refractivity contribution is 7.09. The fourth-order valence-electron chi connectivity index (χ4n) is 1.33. The fraction of sp³-hybridized carbons (Fsp3) is 0.727. The molecule has 102 valence electrons. The first-order valence-electron chi connectivity index (χ1n) is 5.79.